The molecule has 0 bridgehead atoms. The summed E-state index contributed by atoms with van der Waals surface area (Å²) in [5.74, 6) is -0.734. The zero-order valence-corrected chi connectivity index (χ0v) is 28.3. The molecule has 0 aliphatic heterocycles. The van der Waals surface area contributed by atoms with Crippen LogP contribution < -0.4 is 10.6 Å². The molecule has 4 N–H and O–H groups in total. The van der Waals surface area contributed by atoms with Crippen molar-refractivity contribution in [1.82, 2.24) is 10.6 Å². The summed E-state index contributed by atoms with van der Waals surface area (Å²) >= 11 is 0. The zero-order valence-electron chi connectivity index (χ0n) is 28.3. The van der Waals surface area contributed by atoms with Gasteiger partial charge in [-0.25, -0.2) is 0 Å². The molecule has 4 aromatic rings. The largest absolute Gasteiger partial charge is 0.387 e. The average Bonchev–Trinajstić information content (AvgIpc) is 3.10. The molecule has 0 aromatic heterocycles. The van der Waals surface area contributed by atoms with Gasteiger partial charge in [0, 0.05) is 25.7 Å². The molecule has 5 rings (SSSR count). The van der Waals surface area contributed by atoms with E-state index in [2.05, 4.69) is 10.6 Å². The summed E-state index contributed by atoms with van der Waals surface area (Å²) in [5, 5.41) is 30.7. The first-order valence-corrected chi connectivity index (χ1v) is 17.3. The first-order chi connectivity index (χ1) is 23.1. The van der Waals surface area contributed by atoms with Crippen molar-refractivity contribution >= 4 is 11.8 Å². The van der Waals surface area contributed by atoms with E-state index in [0.29, 0.717) is 38.5 Å². The molecule has 1 aliphatic rings. The zero-order chi connectivity index (χ0) is 34.0. The molecule has 0 spiro atoms. The monoisotopic (exact) mass is 646 g/mol. The third kappa shape index (κ3) is 8.60. The lowest BCUT2D eigenvalue weighted by atomic mass is 9.71. The third-order valence-electron chi connectivity index (χ3n) is 10.3. The van der Waals surface area contributed by atoms with Crippen molar-refractivity contribution in [3.63, 3.8) is 0 Å². The van der Waals surface area contributed by atoms with Gasteiger partial charge in [0.2, 0.25) is 11.8 Å². The lowest BCUT2D eigenvalue weighted by molar-refractivity contribution is -0.149. The van der Waals surface area contributed by atoms with Gasteiger partial charge in [0.05, 0.1) is 23.3 Å². The van der Waals surface area contributed by atoms with E-state index < -0.39 is 28.7 Å². The Kier molecular flexibility index (Phi) is 11.5. The van der Waals surface area contributed by atoms with E-state index >= 15 is 0 Å². The number of rotatable bonds is 14. The molecule has 1 fully saturated rings. The van der Waals surface area contributed by atoms with Crippen molar-refractivity contribution in [3.05, 3.63) is 144 Å². The van der Waals surface area contributed by atoms with Crippen LogP contribution in [0.5, 0.6) is 0 Å². The van der Waals surface area contributed by atoms with Crippen LogP contribution in [0.4, 0.5) is 0 Å². The van der Waals surface area contributed by atoms with E-state index in [1.165, 1.54) is 0 Å². The van der Waals surface area contributed by atoms with Crippen molar-refractivity contribution in [2.24, 2.45) is 5.41 Å². The van der Waals surface area contributed by atoms with Gasteiger partial charge < -0.3 is 20.8 Å². The van der Waals surface area contributed by atoms with Gasteiger partial charge in [-0.3, -0.25) is 9.59 Å². The van der Waals surface area contributed by atoms with Crippen molar-refractivity contribution in [3.8, 4) is 0 Å². The summed E-state index contributed by atoms with van der Waals surface area (Å²) in [5.41, 5.74) is -0.0483. The maximum Gasteiger partial charge on any atom is 0.236 e. The van der Waals surface area contributed by atoms with Crippen LogP contribution in [-0.2, 0) is 35.3 Å². The summed E-state index contributed by atoms with van der Waals surface area (Å²) in [4.78, 5) is 28.8. The van der Waals surface area contributed by atoms with Gasteiger partial charge in [-0.2, -0.15) is 0 Å². The van der Waals surface area contributed by atoms with Gasteiger partial charge in [0.25, 0.3) is 0 Å². The SMILES string of the molecule is C[C@@H](NC(=O)C1(C(=O)N[C@H](C)C(O)(Cc2ccccc2)Cc2ccccc2)CCCCC1)C(O)(Cc1ccccc1)Cc1ccccc1. The quantitative estimate of drug-likeness (QED) is 0.120. The Labute approximate surface area is 285 Å². The molecule has 4 aromatic carbocycles. The fourth-order valence-corrected chi connectivity index (χ4v) is 7.19. The molecule has 0 radical (unpaired) electrons. The second-order valence-corrected chi connectivity index (χ2v) is 13.9. The number of hydrogen-bond acceptors (Lipinski definition) is 4. The lowest BCUT2D eigenvalue weighted by Crippen LogP contribution is -2.62. The van der Waals surface area contributed by atoms with Gasteiger partial charge in [0.15, 0.2) is 0 Å². The van der Waals surface area contributed by atoms with E-state index in [4.69, 9.17) is 0 Å². The molecule has 2 atom stereocenters. The fraction of sp³-hybridized carbons (Fsp3) is 0.381. The predicted molar refractivity (Wildman–Crippen MR) is 191 cm³/mol. The van der Waals surface area contributed by atoms with Crippen LogP contribution in [0.3, 0.4) is 0 Å². The number of benzene rings is 4. The number of carbonyl (C=O) groups excluding carboxylic acids is 2. The van der Waals surface area contributed by atoms with Gasteiger partial charge in [-0.05, 0) is 48.9 Å². The second-order valence-electron chi connectivity index (χ2n) is 13.9. The summed E-state index contributed by atoms with van der Waals surface area (Å²) in [6.45, 7) is 3.67. The van der Waals surface area contributed by atoms with Crippen LogP contribution in [0.15, 0.2) is 121 Å². The maximum absolute atomic E-state index is 14.4. The number of hydrogen-bond donors (Lipinski definition) is 4. The van der Waals surface area contributed by atoms with E-state index in [1.807, 2.05) is 135 Å². The Morgan fingerprint density at radius 2 is 0.812 bits per heavy atom. The molecule has 1 aliphatic carbocycles. The molecule has 48 heavy (non-hydrogen) atoms. The fourth-order valence-electron chi connectivity index (χ4n) is 7.19. The van der Waals surface area contributed by atoms with Crippen molar-refractivity contribution in [2.45, 2.75) is 94.9 Å². The smallest absolute Gasteiger partial charge is 0.236 e. The van der Waals surface area contributed by atoms with E-state index in [9.17, 15) is 19.8 Å². The summed E-state index contributed by atoms with van der Waals surface area (Å²) in [6.07, 6.45) is 4.63. The van der Waals surface area contributed by atoms with Gasteiger partial charge in [0.1, 0.15) is 5.41 Å². The molecule has 6 heteroatoms. The lowest BCUT2D eigenvalue weighted by Gasteiger charge is -2.41. The van der Waals surface area contributed by atoms with E-state index in [-0.39, 0.29) is 11.8 Å². The minimum absolute atomic E-state index is 0.340. The Hall–Kier alpha value is -4.26. The van der Waals surface area contributed by atoms with Crippen LogP contribution in [0.2, 0.25) is 0 Å². The molecule has 0 saturated heterocycles. The van der Waals surface area contributed by atoms with Crippen molar-refractivity contribution in [1.29, 1.82) is 0 Å². The highest BCUT2D eigenvalue weighted by atomic mass is 16.3. The normalized spacial score (nSPS) is 16.0. The minimum atomic E-state index is -1.30. The molecule has 0 heterocycles. The summed E-state index contributed by atoms with van der Waals surface area (Å²) < 4.78 is 0. The van der Waals surface area contributed by atoms with E-state index in [0.717, 1.165) is 41.5 Å². The van der Waals surface area contributed by atoms with Crippen molar-refractivity contribution < 1.29 is 19.8 Å². The molecular weight excluding hydrogens is 596 g/mol. The van der Waals surface area contributed by atoms with Crippen LogP contribution in [0.1, 0.15) is 68.2 Å². The highest BCUT2D eigenvalue weighted by Gasteiger charge is 2.49. The number of nitrogens with one attached hydrogen (secondary N) is 2. The van der Waals surface area contributed by atoms with Crippen molar-refractivity contribution in [2.75, 3.05) is 0 Å². The predicted octanol–water partition coefficient (Wildman–Crippen LogP) is 6.38. The molecular formula is C42H50N2O4. The number of amides is 2. The van der Waals surface area contributed by atoms with E-state index in [1.54, 1.807) is 0 Å². The highest BCUT2D eigenvalue weighted by Crippen LogP contribution is 2.38. The molecule has 252 valence electrons. The molecule has 1 saturated carbocycles. The van der Waals surface area contributed by atoms with Crippen LogP contribution in [-0.4, -0.2) is 45.3 Å². The van der Waals surface area contributed by atoms with Gasteiger partial charge in [-0.1, -0.05) is 141 Å². The summed E-state index contributed by atoms with van der Waals surface area (Å²) in [6, 6.07) is 37.9. The third-order valence-corrected chi connectivity index (χ3v) is 10.3. The number of aliphatic hydroxyl groups is 2. The van der Waals surface area contributed by atoms with Gasteiger partial charge >= 0.3 is 0 Å². The minimum Gasteiger partial charge on any atom is -0.387 e. The Morgan fingerprint density at radius 1 is 0.542 bits per heavy atom. The molecule has 0 unspecified atom stereocenters. The maximum atomic E-state index is 14.4. The Morgan fingerprint density at radius 3 is 1.08 bits per heavy atom. The molecule has 2 amide bonds. The Bertz CT molecular complexity index is 1390. The highest BCUT2D eigenvalue weighted by molar-refractivity contribution is 6.05. The van der Waals surface area contributed by atoms with Crippen LogP contribution in [0, 0.1) is 5.41 Å². The standard InChI is InChI=1S/C42H50N2O4/c1-32(41(47,28-34-18-8-3-9-19-34)29-35-20-10-4-11-21-35)43-38(45)40(26-16-7-17-27-40)39(46)44-33(2)42(48,30-36-22-12-5-13-23-36)31-37-24-14-6-15-25-37/h3-6,8-15,18-25,32-33,47-48H,7,16-17,26-31H2,1-2H3,(H,43,45)(H,44,46)/t32-,33-/m1/s1. The van der Waals surface area contributed by atoms with Crippen LogP contribution >= 0.6 is 0 Å². The molecule has 6 nitrogen and oxygen atoms in total. The number of carbonyl (C=O) groups is 2. The average molecular weight is 647 g/mol. The first kappa shape index (κ1) is 35.1. The Balaban J connectivity index is 1.38. The first-order valence-electron chi connectivity index (χ1n) is 17.3. The second kappa shape index (κ2) is 15.8. The topological polar surface area (TPSA) is 98.7 Å². The van der Waals surface area contributed by atoms with Crippen LogP contribution in [0.25, 0.3) is 0 Å². The summed E-state index contributed by atoms with van der Waals surface area (Å²) in [7, 11) is 0. The van der Waals surface area contributed by atoms with Gasteiger partial charge in [-0.15, -0.1) is 0 Å².